The number of hydrogen-bond acceptors (Lipinski definition) is 3. The number of anilines is 1. The van der Waals surface area contributed by atoms with Crippen LogP contribution in [-0.4, -0.2) is 20.9 Å². The number of hydrogen-bond donors (Lipinski definition) is 2. The minimum atomic E-state index is -3.58. The van der Waals surface area contributed by atoms with E-state index < -0.39 is 10.0 Å². The Bertz CT molecular complexity index is 785. The lowest BCUT2D eigenvalue weighted by Crippen LogP contribution is -2.23. The molecule has 0 radical (unpaired) electrons. The van der Waals surface area contributed by atoms with E-state index in [1.165, 1.54) is 12.1 Å². The molecule has 5 nitrogen and oxygen atoms in total. The first-order chi connectivity index (χ1) is 10.4. The number of carbonyl (C=O) groups is 1. The van der Waals surface area contributed by atoms with Crippen LogP contribution in [0.5, 0.6) is 0 Å². The molecular formula is C16H18N2O3S. The van der Waals surface area contributed by atoms with Crippen molar-refractivity contribution in [1.82, 2.24) is 4.72 Å². The van der Waals surface area contributed by atoms with Crippen molar-refractivity contribution in [3.8, 4) is 0 Å². The highest BCUT2D eigenvalue weighted by Gasteiger charge is 2.15. The van der Waals surface area contributed by atoms with Gasteiger partial charge in [0.15, 0.2) is 0 Å². The van der Waals surface area contributed by atoms with Crippen LogP contribution < -0.4 is 10.0 Å². The maximum absolute atomic E-state index is 12.2. The third-order valence-electron chi connectivity index (χ3n) is 3.02. The third-order valence-corrected chi connectivity index (χ3v) is 4.56. The van der Waals surface area contributed by atoms with Gasteiger partial charge in [0.1, 0.15) is 0 Å². The van der Waals surface area contributed by atoms with Gasteiger partial charge < -0.3 is 5.32 Å². The number of aryl methyl sites for hydroxylation is 1. The number of nitrogens with one attached hydrogen (secondary N) is 2. The molecule has 0 aliphatic carbocycles. The molecule has 0 fully saturated rings. The van der Waals surface area contributed by atoms with Gasteiger partial charge in [-0.15, -0.1) is 0 Å². The highest BCUT2D eigenvalue weighted by Crippen LogP contribution is 2.15. The maximum Gasteiger partial charge on any atom is 0.255 e. The van der Waals surface area contributed by atoms with E-state index in [0.717, 1.165) is 5.56 Å². The zero-order valence-corrected chi connectivity index (χ0v) is 13.3. The molecule has 116 valence electrons. The van der Waals surface area contributed by atoms with Gasteiger partial charge in [0, 0.05) is 17.8 Å². The highest BCUT2D eigenvalue weighted by molar-refractivity contribution is 7.89. The van der Waals surface area contributed by atoms with E-state index in [-0.39, 0.29) is 10.8 Å². The minimum absolute atomic E-state index is 0.0752. The predicted octanol–water partition coefficient (Wildman–Crippen LogP) is 2.55. The molecule has 2 N–H and O–H groups in total. The first kappa shape index (κ1) is 16.2. The van der Waals surface area contributed by atoms with Crippen molar-refractivity contribution >= 4 is 21.6 Å². The monoisotopic (exact) mass is 318 g/mol. The quantitative estimate of drug-likeness (QED) is 0.889. The number of rotatable bonds is 5. The standard InChI is InChI=1S/C16H18N2O3S/c1-3-17-22(20,21)15-9-5-7-13(11-15)16(19)18-14-8-4-6-12(2)10-14/h4-11,17H,3H2,1-2H3,(H,18,19). The summed E-state index contributed by atoms with van der Waals surface area (Å²) in [7, 11) is -3.58. The first-order valence-corrected chi connectivity index (χ1v) is 8.38. The number of carbonyl (C=O) groups excluding carboxylic acids is 1. The van der Waals surface area contributed by atoms with E-state index in [1.807, 2.05) is 25.1 Å². The van der Waals surface area contributed by atoms with Gasteiger partial charge in [0.2, 0.25) is 10.0 Å². The molecule has 0 unspecified atom stereocenters. The predicted molar refractivity (Wildman–Crippen MR) is 86.4 cm³/mol. The SMILES string of the molecule is CCNS(=O)(=O)c1cccc(C(=O)Nc2cccc(C)c2)c1. The van der Waals surface area contributed by atoms with Gasteiger partial charge in [-0.2, -0.15) is 0 Å². The maximum atomic E-state index is 12.2. The zero-order valence-electron chi connectivity index (χ0n) is 12.5. The van der Waals surface area contributed by atoms with Gasteiger partial charge in [-0.05, 0) is 42.8 Å². The summed E-state index contributed by atoms with van der Waals surface area (Å²) in [5.74, 6) is -0.348. The molecule has 22 heavy (non-hydrogen) atoms. The van der Waals surface area contributed by atoms with E-state index in [1.54, 1.807) is 25.1 Å². The second kappa shape index (κ2) is 6.72. The molecule has 0 aromatic heterocycles. The van der Waals surface area contributed by atoms with Gasteiger partial charge in [0.25, 0.3) is 5.91 Å². The Kier molecular flexibility index (Phi) is 4.95. The summed E-state index contributed by atoms with van der Waals surface area (Å²) in [4.78, 5) is 12.3. The van der Waals surface area contributed by atoms with Crippen molar-refractivity contribution in [2.24, 2.45) is 0 Å². The van der Waals surface area contributed by atoms with E-state index in [4.69, 9.17) is 0 Å². The fourth-order valence-corrected chi connectivity index (χ4v) is 3.09. The molecule has 0 aliphatic heterocycles. The van der Waals surface area contributed by atoms with E-state index in [9.17, 15) is 13.2 Å². The second-order valence-electron chi connectivity index (χ2n) is 4.85. The van der Waals surface area contributed by atoms with E-state index in [0.29, 0.717) is 17.8 Å². The Morgan fingerprint density at radius 2 is 1.82 bits per heavy atom. The Balaban J connectivity index is 2.24. The lowest BCUT2D eigenvalue weighted by molar-refractivity contribution is 0.102. The molecular weight excluding hydrogens is 300 g/mol. The van der Waals surface area contributed by atoms with Crippen LogP contribution in [0.25, 0.3) is 0 Å². The molecule has 0 spiro atoms. The summed E-state index contributed by atoms with van der Waals surface area (Å²) < 4.78 is 26.3. The number of amides is 1. The minimum Gasteiger partial charge on any atom is -0.322 e. The van der Waals surface area contributed by atoms with Crippen LogP contribution in [0.15, 0.2) is 53.4 Å². The fourth-order valence-electron chi connectivity index (χ4n) is 2.00. The molecule has 0 aliphatic rings. The lowest BCUT2D eigenvalue weighted by atomic mass is 10.2. The summed E-state index contributed by atoms with van der Waals surface area (Å²) in [5, 5.41) is 2.76. The Hall–Kier alpha value is -2.18. The molecule has 2 aromatic carbocycles. The van der Waals surface area contributed by atoms with Crippen LogP contribution in [-0.2, 0) is 10.0 Å². The number of benzene rings is 2. The van der Waals surface area contributed by atoms with Crippen molar-refractivity contribution in [2.75, 3.05) is 11.9 Å². The zero-order chi connectivity index (χ0) is 16.2. The average Bonchev–Trinajstić information content (AvgIpc) is 2.47. The molecule has 2 rings (SSSR count). The molecule has 0 atom stereocenters. The average molecular weight is 318 g/mol. The molecule has 1 amide bonds. The summed E-state index contributed by atoms with van der Waals surface area (Å²) in [6.07, 6.45) is 0. The van der Waals surface area contributed by atoms with Crippen LogP contribution in [0, 0.1) is 6.92 Å². The number of sulfonamides is 1. The summed E-state index contributed by atoms with van der Waals surface area (Å²) in [5.41, 5.74) is 1.99. The van der Waals surface area contributed by atoms with Crippen LogP contribution >= 0.6 is 0 Å². The smallest absolute Gasteiger partial charge is 0.255 e. The van der Waals surface area contributed by atoms with Crippen molar-refractivity contribution in [1.29, 1.82) is 0 Å². The summed E-state index contributed by atoms with van der Waals surface area (Å²) in [6, 6.07) is 13.4. The van der Waals surface area contributed by atoms with Crippen molar-refractivity contribution in [3.63, 3.8) is 0 Å². The normalized spacial score (nSPS) is 11.2. The molecule has 6 heteroatoms. The Morgan fingerprint density at radius 3 is 2.50 bits per heavy atom. The van der Waals surface area contributed by atoms with Crippen molar-refractivity contribution < 1.29 is 13.2 Å². The van der Waals surface area contributed by atoms with Gasteiger partial charge in [-0.25, -0.2) is 13.1 Å². The first-order valence-electron chi connectivity index (χ1n) is 6.90. The van der Waals surface area contributed by atoms with Crippen LogP contribution in [0.3, 0.4) is 0 Å². The molecule has 2 aromatic rings. The Labute approximate surface area is 130 Å². The van der Waals surface area contributed by atoms with E-state index >= 15 is 0 Å². The molecule has 0 heterocycles. The van der Waals surface area contributed by atoms with Crippen molar-refractivity contribution in [3.05, 3.63) is 59.7 Å². The molecule has 0 saturated carbocycles. The van der Waals surface area contributed by atoms with Gasteiger partial charge in [-0.1, -0.05) is 25.1 Å². The highest BCUT2D eigenvalue weighted by atomic mass is 32.2. The van der Waals surface area contributed by atoms with E-state index in [2.05, 4.69) is 10.0 Å². The Morgan fingerprint density at radius 1 is 1.09 bits per heavy atom. The largest absolute Gasteiger partial charge is 0.322 e. The third kappa shape index (κ3) is 3.93. The van der Waals surface area contributed by atoms with Crippen LogP contribution in [0.1, 0.15) is 22.8 Å². The van der Waals surface area contributed by atoms with Crippen molar-refractivity contribution in [2.45, 2.75) is 18.7 Å². The lowest BCUT2D eigenvalue weighted by Gasteiger charge is -2.08. The molecule has 0 bridgehead atoms. The fraction of sp³-hybridized carbons (Fsp3) is 0.188. The van der Waals surface area contributed by atoms with Crippen LogP contribution in [0.4, 0.5) is 5.69 Å². The van der Waals surface area contributed by atoms with Crippen LogP contribution in [0.2, 0.25) is 0 Å². The molecule has 0 saturated heterocycles. The summed E-state index contributed by atoms with van der Waals surface area (Å²) in [6.45, 7) is 3.92. The van der Waals surface area contributed by atoms with Gasteiger partial charge in [-0.3, -0.25) is 4.79 Å². The van der Waals surface area contributed by atoms with Gasteiger partial charge >= 0.3 is 0 Å². The van der Waals surface area contributed by atoms with Gasteiger partial charge in [0.05, 0.1) is 4.90 Å². The summed E-state index contributed by atoms with van der Waals surface area (Å²) >= 11 is 0. The topological polar surface area (TPSA) is 75.3 Å². The second-order valence-corrected chi connectivity index (χ2v) is 6.62.